The lowest BCUT2D eigenvalue weighted by atomic mass is 9.88. The number of pyridine rings is 2. The van der Waals surface area contributed by atoms with Crippen molar-refractivity contribution in [2.24, 2.45) is 0 Å². The molecular formula is C36H44N2O2. The van der Waals surface area contributed by atoms with Crippen LogP contribution in [0.5, 0.6) is 0 Å². The van der Waals surface area contributed by atoms with Crippen LogP contribution in [-0.4, -0.2) is 9.13 Å². The number of rotatable bonds is 6. The van der Waals surface area contributed by atoms with E-state index in [2.05, 4.69) is 103 Å². The number of nitrogens with zero attached hydrogens (tertiary/aromatic N) is 2. The summed E-state index contributed by atoms with van der Waals surface area (Å²) >= 11 is 0. The summed E-state index contributed by atoms with van der Waals surface area (Å²) in [5.74, 6) is 1.35. The van der Waals surface area contributed by atoms with Crippen LogP contribution in [0, 0.1) is 0 Å². The molecule has 0 aliphatic carbocycles. The molecule has 0 bridgehead atoms. The fraction of sp³-hybridized carbons (Fsp3) is 0.444. The minimum Gasteiger partial charge on any atom is -0.341 e. The van der Waals surface area contributed by atoms with E-state index in [9.17, 15) is 9.59 Å². The second-order valence-electron chi connectivity index (χ2n) is 12.6. The van der Waals surface area contributed by atoms with Gasteiger partial charge in [-0.3, -0.25) is 9.59 Å². The van der Waals surface area contributed by atoms with Crippen LogP contribution in [0.4, 0.5) is 0 Å². The minimum absolute atomic E-state index is 0.0435. The minimum atomic E-state index is 0.0435. The van der Waals surface area contributed by atoms with Crippen LogP contribution < -0.4 is 10.9 Å². The Bertz CT molecular complexity index is 1780. The van der Waals surface area contributed by atoms with Gasteiger partial charge in [0.25, 0.3) is 0 Å². The van der Waals surface area contributed by atoms with E-state index in [1.54, 1.807) is 0 Å². The van der Waals surface area contributed by atoms with Gasteiger partial charge in [0.05, 0.1) is 22.1 Å². The summed E-state index contributed by atoms with van der Waals surface area (Å²) < 4.78 is 4.45. The molecule has 0 radical (unpaired) electrons. The molecule has 0 N–H and O–H groups in total. The average molecular weight is 537 g/mol. The molecule has 0 saturated carbocycles. The van der Waals surface area contributed by atoms with Crippen molar-refractivity contribution in [3.8, 4) is 0 Å². The Labute approximate surface area is 237 Å². The maximum atomic E-state index is 14.2. The van der Waals surface area contributed by atoms with Gasteiger partial charge in [-0.2, -0.15) is 0 Å². The normalized spacial score (nSPS) is 12.6. The van der Waals surface area contributed by atoms with E-state index in [0.29, 0.717) is 47.5 Å². The average Bonchev–Trinajstić information content (AvgIpc) is 2.91. The molecule has 0 spiro atoms. The molecule has 40 heavy (non-hydrogen) atoms. The van der Waals surface area contributed by atoms with Crippen molar-refractivity contribution in [3.63, 3.8) is 0 Å². The van der Waals surface area contributed by atoms with Gasteiger partial charge in [0.2, 0.25) is 0 Å². The number of fused-ring (bicyclic) bond motifs is 4. The first-order chi connectivity index (χ1) is 18.9. The molecule has 210 valence electrons. The SMILES string of the molecule is CCn1c2cc(C(C)C)c(C(C)C)cc2c(=O)c2cc3c(cc21)c(=O)c1cc(C(C)C)c(C(C)C)cc1n3CC. The van der Waals surface area contributed by atoms with Gasteiger partial charge in [-0.05, 0) is 96.2 Å². The predicted octanol–water partition coefficient (Wildman–Crippen LogP) is 9.16. The van der Waals surface area contributed by atoms with Gasteiger partial charge in [-0.25, -0.2) is 0 Å². The van der Waals surface area contributed by atoms with Crippen LogP contribution in [0.15, 0.2) is 46.0 Å². The van der Waals surface area contributed by atoms with Crippen molar-refractivity contribution >= 4 is 43.6 Å². The third kappa shape index (κ3) is 4.19. The van der Waals surface area contributed by atoms with Gasteiger partial charge in [-0.1, -0.05) is 55.4 Å². The Morgan fingerprint density at radius 1 is 0.450 bits per heavy atom. The zero-order valence-corrected chi connectivity index (χ0v) is 25.9. The topological polar surface area (TPSA) is 44.0 Å². The Morgan fingerprint density at radius 2 is 0.700 bits per heavy atom. The summed E-state index contributed by atoms with van der Waals surface area (Å²) in [6.07, 6.45) is 0. The molecule has 5 rings (SSSR count). The fourth-order valence-corrected chi connectivity index (χ4v) is 6.67. The molecule has 0 amide bonds. The Hall–Kier alpha value is -3.40. The Kier molecular flexibility index (Phi) is 7.18. The maximum absolute atomic E-state index is 14.2. The highest BCUT2D eigenvalue weighted by Gasteiger charge is 2.21. The lowest BCUT2D eigenvalue weighted by Gasteiger charge is -2.22. The van der Waals surface area contributed by atoms with Crippen molar-refractivity contribution in [1.29, 1.82) is 0 Å². The standard InChI is InChI=1S/C36H44N2O2/c1-11-37-31-15-25(21(7)8)23(19(3)4)13-27(31)35(39)29-18-34-30(17-33(29)37)36(40)28-14-24(20(5)6)26(22(9)10)16-32(28)38(34)12-2/h13-22H,11-12H2,1-10H3. The molecule has 5 aromatic rings. The van der Waals surface area contributed by atoms with Gasteiger partial charge in [-0.15, -0.1) is 0 Å². The van der Waals surface area contributed by atoms with Crippen molar-refractivity contribution in [2.75, 3.05) is 0 Å². The number of hydrogen-bond donors (Lipinski definition) is 0. The van der Waals surface area contributed by atoms with Crippen molar-refractivity contribution in [2.45, 2.75) is 106 Å². The van der Waals surface area contributed by atoms with Gasteiger partial charge >= 0.3 is 0 Å². The largest absolute Gasteiger partial charge is 0.341 e. The van der Waals surface area contributed by atoms with Crippen LogP contribution in [0.3, 0.4) is 0 Å². The highest BCUT2D eigenvalue weighted by atomic mass is 16.1. The predicted molar refractivity (Wildman–Crippen MR) is 173 cm³/mol. The highest BCUT2D eigenvalue weighted by molar-refractivity contribution is 6.04. The van der Waals surface area contributed by atoms with Gasteiger partial charge in [0, 0.05) is 34.6 Å². The summed E-state index contributed by atoms with van der Waals surface area (Å²) in [4.78, 5) is 28.3. The number of benzene rings is 3. The zero-order valence-electron chi connectivity index (χ0n) is 25.9. The lowest BCUT2D eigenvalue weighted by Crippen LogP contribution is -2.16. The van der Waals surface area contributed by atoms with Crippen LogP contribution in [0.1, 0.15) is 115 Å². The number of aryl methyl sites for hydroxylation is 2. The van der Waals surface area contributed by atoms with Crippen molar-refractivity contribution < 1.29 is 0 Å². The van der Waals surface area contributed by atoms with Gasteiger partial charge in [0.1, 0.15) is 0 Å². The molecule has 0 fully saturated rings. The molecule has 0 aliphatic heterocycles. The van der Waals surface area contributed by atoms with Crippen LogP contribution in [-0.2, 0) is 13.1 Å². The first-order valence-corrected chi connectivity index (χ1v) is 15.1. The van der Waals surface area contributed by atoms with E-state index in [4.69, 9.17) is 0 Å². The second kappa shape index (κ2) is 10.2. The Balaban J connectivity index is 2.01. The molecule has 3 aromatic carbocycles. The van der Waals surface area contributed by atoms with E-state index in [1.807, 2.05) is 12.1 Å². The zero-order chi connectivity index (χ0) is 29.2. The highest BCUT2D eigenvalue weighted by Crippen LogP contribution is 2.34. The molecule has 2 aromatic heterocycles. The fourth-order valence-electron chi connectivity index (χ4n) is 6.67. The van der Waals surface area contributed by atoms with E-state index in [1.165, 1.54) is 22.3 Å². The first-order valence-electron chi connectivity index (χ1n) is 15.1. The number of hydrogen-bond acceptors (Lipinski definition) is 2. The smallest absolute Gasteiger partial charge is 0.197 e. The summed E-state index contributed by atoms with van der Waals surface area (Å²) in [7, 11) is 0. The van der Waals surface area contributed by atoms with Crippen LogP contribution in [0.2, 0.25) is 0 Å². The molecule has 0 atom stereocenters. The van der Waals surface area contributed by atoms with Crippen LogP contribution >= 0.6 is 0 Å². The summed E-state index contributed by atoms with van der Waals surface area (Å²) in [6.45, 7) is 23.3. The first kappa shape index (κ1) is 28.1. The third-order valence-corrected chi connectivity index (χ3v) is 8.78. The molecular weight excluding hydrogens is 492 g/mol. The van der Waals surface area contributed by atoms with Gasteiger partial charge < -0.3 is 9.13 Å². The van der Waals surface area contributed by atoms with Crippen molar-refractivity contribution in [3.05, 3.63) is 79.1 Å². The lowest BCUT2D eigenvalue weighted by molar-refractivity contribution is 0.783. The molecule has 0 aliphatic rings. The summed E-state index contributed by atoms with van der Waals surface area (Å²) in [5.41, 5.74) is 8.70. The summed E-state index contributed by atoms with van der Waals surface area (Å²) in [6, 6.07) is 12.7. The third-order valence-electron chi connectivity index (χ3n) is 8.78. The Morgan fingerprint density at radius 3 is 0.975 bits per heavy atom. The van der Waals surface area contributed by atoms with Gasteiger partial charge in [0.15, 0.2) is 10.9 Å². The molecule has 0 unspecified atom stereocenters. The second-order valence-corrected chi connectivity index (χ2v) is 12.6. The quantitative estimate of drug-likeness (QED) is 0.203. The number of aromatic nitrogens is 2. The monoisotopic (exact) mass is 536 g/mol. The maximum Gasteiger partial charge on any atom is 0.197 e. The van der Waals surface area contributed by atoms with E-state index >= 15 is 0 Å². The van der Waals surface area contributed by atoms with E-state index < -0.39 is 0 Å². The molecule has 0 saturated heterocycles. The molecule has 4 nitrogen and oxygen atoms in total. The molecule has 4 heteroatoms. The van der Waals surface area contributed by atoms with E-state index in [-0.39, 0.29) is 10.9 Å². The van der Waals surface area contributed by atoms with Crippen molar-refractivity contribution in [1.82, 2.24) is 9.13 Å². The van der Waals surface area contributed by atoms with Crippen LogP contribution in [0.25, 0.3) is 43.6 Å². The molecule has 2 heterocycles. The summed E-state index contributed by atoms with van der Waals surface area (Å²) in [5, 5.41) is 2.88. The van der Waals surface area contributed by atoms with E-state index in [0.717, 1.165) is 32.8 Å².